The van der Waals surface area contributed by atoms with Crippen LogP contribution < -0.4 is 11.1 Å². The summed E-state index contributed by atoms with van der Waals surface area (Å²) in [6, 6.07) is 7.66. The summed E-state index contributed by atoms with van der Waals surface area (Å²) in [4.78, 5) is 23.1. The summed E-state index contributed by atoms with van der Waals surface area (Å²) in [5, 5.41) is 3.15. The van der Waals surface area contributed by atoms with E-state index in [-0.39, 0.29) is 11.9 Å². The van der Waals surface area contributed by atoms with Gasteiger partial charge in [-0.3, -0.25) is 9.59 Å². The number of hydrogen-bond acceptors (Lipinski definition) is 4. The molecule has 1 aromatic carbocycles. The van der Waals surface area contributed by atoms with Crippen molar-refractivity contribution in [3.05, 3.63) is 27.8 Å². The van der Waals surface area contributed by atoms with Crippen molar-refractivity contribution in [3.8, 4) is 0 Å². The second-order valence-electron chi connectivity index (χ2n) is 4.71. The van der Waals surface area contributed by atoms with Gasteiger partial charge >= 0.3 is 5.97 Å². The van der Waals surface area contributed by atoms with E-state index in [0.29, 0.717) is 12.8 Å². The molecular formula is C13H15IN2O3. The Balaban J connectivity index is 2.11. The number of halogens is 1. The predicted octanol–water partition coefficient (Wildman–Crippen LogP) is 1.51. The fourth-order valence-corrected chi connectivity index (χ4v) is 2.87. The normalized spacial score (nSPS) is 25.3. The SMILES string of the molecule is COC(=O)C1CC(Nc2cccc(I)c2)(C(N)=O)C1. The van der Waals surface area contributed by atoms with Crippen molar-refractivity contribution < 1.29 is 14.3 Å². The monoisotopic (exact) mass is 374 g/mol. The number of rotatable bonds is 4. The largest absolute Gasteiger partial charge is 0.469 e. The van der Waals surface area contributed by atoms with Crippen LogP contribution in [0.5, 0.6) is 0 Å². The Morgan fingerprint density at radius 3 is 2.68 bits per heavy atom. The van der Waals surface area contributed by atoms with Crippen LogP contribution in [0.2, 0.25) is 0 Å². The Hall–Kier alpha value is -1.31. The molecule has 1 saturated carbocycles. The van der Waals surface area contributed by atoms with Gasteiger partial charge in [0.05, 0.1) is 13.0 Å². The molecule has 0 saturated heterocycles. The maximum Gasteiger partial charge on any atom is 0.308 e. The number of nitrogens with one attached hydrogen (secondary N) is 1. The van der Waals surface area contributed by atoms with Crippen LogP contribution in [-0.2, 0) is 14.3 Å². The number of anilines is 1. The minimum atomic E-state index is -0.844. The molecule has 1 aromatic rings. The molecule has 0 atom stereocenters. The van der Waals surface area contributed by atoms with Gasteiger partial charge in [-0.2, -0.15) is 0 Å². The Kier molecular flexibility index (Phi) is 3.98. The number of ether oxygens (including phenoxy) is 1. The summed E-state index contributed by atoms with van der Waals surface area (Å²) in [5.41, 5.74) is 5.45. The van der Waals surface area contributed by atoms with E-state index in [1.165, 1.54) is 7.11 Å². The Morgan fingerprint density at radius 2 is 2.16 bits per heavy atom. The first-order valence-corrected chi connectivity index (χ1v) is 6.96. The summed E-state index contributed by atoms with van der Waals surface area (Å²) in [6.45, 7) is 0. The zero-order chi connectivity index (χ0) is 14.0. The Labute approximate surface area is 125 Å². The fraction of sp³-hybridized carbons (Fsp3) is 0.385. The van der Waals surface area contributed by atoms with Crippen molar-refractivity contribution in [1.29, 1.82) is 0 Å². The predicted molar refractivity (Wildman–Crippen MR) is 79.4 cm³/mol. The molecule has 0 bridgehead atoms. The van der Waals surface area contributed by atoms with Gasteiger partial charge in [-0.1, -0.05) is 6.07 Å². The molecular weight excluding hydrogens is 359 g/mol. The molecule has 1 fully saturated rings. The second-order valence-corrected chi connectivity index (χ2v) is 5.96. The van der Waals surface area contributed by atoms with Crippen LogP contribution in [0.4, 0.5) is 5.69 Å². The molecule has 1 amide bonds. The highest BCUT2D eigenvalue weighted by Gasteiger charge is 2.52. The van der Waals surface area contributed by atoms with Gasteiger partial charge in [-0.25, -0.2) is 0 Å². The standard InChI is InChI=1S/C13H15IN2O3/c1-19-11(17)8-6-13(7-8,12(15)18)16-10-4-2-3-9(14)5-10/h2-5,8,16H,6-7H2,1H3,(H2,15,18). The first kappa shape index (κ1) is 14.1. The molecule has 1 aliphatic carbocycles. The van der Waals surface area contributed by atoms with Crippen molar-refractivity contribution in [3.63, 3.8) is 0 Å². The first-order valence-electron chi connectivity index (χ1n) is 5.88. The van der Waals surface area contributed by atoms with Crippen LogP contribution in [0.3, 0.4) is 0 Å². The number of amides is 1. The summed E-state index contributed by atoms with van der Waals surface area (Å²) >= 11 is 2.19. The summed E-state index contributed by atoms with van der Waals surface area (Å²) < 4.78 is 5.74. The van der Waals surface area contributed by atoms with Crippen molar-refractivity contribution in [1.82, 2.24) is 0 Å². The number of methoxy groups -OCH3 is 1. The maximum absolute atomic E-state index is 11.7. The fourth-order valence-electron chi connectivity index (χ4n) is 2.32. The minimum Gasteiger partial charge on any atom is -0.469 e. The molecule has 6 heteroatoms. The lowest BCUT2D eigenvalue weighted by molar-refractivity contribution is -0.152. The summed E-state index contributed by atoms with van der Waals surface area (Å²) in [7, 11) is 1.35. The number of benzene rings is 1. The van der Waals surface area contributed by atoms with Gasteiger partial charge in [0.2, 0.25) is 5.91 Å². The molecule has 2 rings (SSSR count). The molecule has 0 radical (unpaired) electrons. The smallest absolute Gasteiger partial charge is 0.308 e. The van der Waals surface area contributed by atoms with Crippen LogP contribution in [0.1, 0.15) is 12.8 Å². The van der Waals surface area contributed by atoms with Crippen molar-refractivity contribution in [2.75, 3.05) is 12.4 Å². The third kappa shape index (κ3) is 2.83. The van der Waals surface area contributed by atoms with Gasteiger partial charge < -0.3 is 15.8 Å². The van der Waals surface area contributed by atoms with Gasteiger partial charge in [0.15, 0.2) is 0 Å². The molecule has 0 heterocycles. The maximum atomic E-state index is 11.7. The Morgan fingerprint density at radius 1 is 1.47 bits per heavy atom. The van der Waals surface area contributed by atoms with Crippen molar-refractivity contribution in [2.24, 2.45) is 11.7 Å². The van der Waals surface area contributed by atoms with Crippen LogP contribution >= 0.6 is 22.6 Å². The molecule has 1 aliphatic rings. The quantitative estimate of drug-likeness (QED) is 0.619. The zero-order valence-corrected chi connectivity index (χ0v) is 12.6. The van der Waals surface area contributed by atoms with E-state index in [4.69, 9.17) is 5.73 Å². The molecule has 0 unspecified atom stereocenters. The number of esters is 1. The molecule has 3 N–H and O–H groups in total. The number of hydrogen-bond donors (Lipinski definition) is 2. The second kappa shape index (κ2) is 5.36. The van der Waals surface area contributed by atoms with Crippen LogP contribution in [0.15, 0.2) is 24.3 Å². The average Bonchev–Trinajstić information content (AvgIpc) is 2.32. The van der Waals surface area contributed by atoms with E-state index in [1.54, 1.807) is 0 Å². The summed E-state index contributed by atoms with van der Waals surface area (Å²) in [6.07, 6.45) is 0.751. The molecule has 19 heavy (non-hydrogen) atoms. The van der Waals surface area contributed by atoms with Crippen molar-refractivity contribution in [2.45, 2.75) is 18.4 Å². The Bertz CT molecular complexity index is 512. The topological polar surface area (TPSA) is 81.4 Å². The lowest BCUT2D eigenvalue weighted by Crippen LogP contribution is -2.61. The van der Waals surface area contributed by atoms with E-state index >= 15 is 0 Å². The minimum absolute atomic E-state index is 0.257. The highest BCUT2D eigenvalue weighted by atomic mass is 127. The molecule has 0 aromatic heterocycles. The third-order valence-electron chi connectivity index (χ3n) is 3.40. The van der Waals surface area contributed by atoms with E-state index in [9.17, 15) is 9.59 Å². The zero-order valence-electron chi connectivity index (χ0n) is 10.5. The van der Waals surface area contributed by atoms with E-state index in [1.807, 2.05) is 24.3 Å². The third-order valence-corrected chi connectivity index (χ3v) is 4.08. The molecule has 5 nitrogen and oxygen atoms in total. The van der Waals surface area contributed by atoms with Gasteiger partial charge in [0, 0.05) is 9.26 Å². The molecule has 0 spiro atoms. The lowest BCUT2D eigenvalue weighted by atomic mass is 9.67. The van der Waals surface area contributed by atoms with Gasteiger partial charge in [-0.05, 0) is 53.6 Å². The number of primary amides is 1. The van der Waals surface area contributed by atoms with E-state index in [0.717, 1.165) is 9.26 Å². The number of carbonyl (C=O) groups is 2. The lowest BCUT2D eigenvalue weighted by Gasteiger charge is -2.44. The first-order chi connectivity index (χ1) is 8.97. The molecule has 0 aliphatic heterocycles. The molecule has 102 valence electrons. The highest BCUT2D eigenvalue weighted by molar-refractivity contribution is 14.1. The highest BCUT2D eigenvalue weighted by Crippen LogP contribution is 2.41. The van der Waals surface area contributed by atoms with Crippen LogP contribution in [0.25, 0.3) is 0 Å². The van der Waals surface area contributed by atoms with Gasteiger partial charge in [-0.15, -0.1) is 0 Å². The van der Waals surface area contributed by atoms with E-state index < -0.39 is 11.4 Å². The number of carbonyl (C=O) groups excluding carboxylic acids is 2. The van der Waals surface area contributed by atoms with Crippen LogP contribution in [-0.4, -0.2) is 24.5 Å². The van der Waals surface area contributed by atoms with Gasteiger partial charge in [0.1, 0.15) is 5.54 Å². The summed E-state index contributed by atoms with van der Waals surface area (Å²) in [5.74, 6) is -0.986. The average molecular weight is 374 g/mol. The van der Waals surface area contributed by atoms with Crippen LogP contribution in [0, 0.1) is 9.49 Å². The van der Waals surface area contributed by atoms with E-state index in [2.05, 4.69) is 32.6 Å². The number of nitrogens with two attached hydrogens (primary N) is 1. The van der Waals surface area contributed by atoms with Gasteiger partial charge in [0.25, 0.3) is 0 Å². The van der Waals surface area contributed by atoms with Crippen molar-refractivity contribution >= 4 is 40.2 Å².